The number of halogens is 1. The van der Waals surface area contributed by atoms with Crippen LogP contribution in [0.5, 0.6) is 0 Å². The summed E-state index contributed by atoms with van der Waals surface area (Å²) in [4.78, 5) is 17.8. The summed E-state index contributed by atoms with van der Waals surface area (Å²) in [5.74, 6) is 0.894. The zero-order valence-electron chi connectivity index (χ0n) is 19.5. The number of hydrogen-bond acceptors (Lipinski definition) is 4. The second kappa shape index (κ2) is 11.5. The molecule has 1 fully saturated rings. The lowest BCUT2D eigenvalue weighted by atomic mass is 10.1. The van der Waals surface area contributed by atoms with Crippen LogP contribution in [-0.2, 0) is 25.9 Å². The van der Waals surface area contributed by atoms with Gasteiger partial charge < -0.3 is 4.90 Å². The number of aryl methyl sites for hydroxylation is 3. The minimum atomic E-state index is 0.0357. The van der Waals surface area contributed by atoms with Crippen LogP contribution in [0.25, 0.3) is 0 Å². The van der Waals surface area contributed by atoms with Crippen LogP contribution in [0.4, 0.5) is 5.69 Å². The highest BCUT2D eigenvalue weighted by Gasteiger charge is 2.18. The first kappa shape index (κ1) is 23.6. The summed E-state index contributed by atoms with van der Waals surface area (Å²) in [5, 5.41) is 5.52. The Bertz CT molecular complexity index is 1070. The number of piperazine rings is 1. The summed E-state index contributed by atoms with van der Waals surface area (Å²) >= 11 is 5.30. The lowest BCUT2D eigenvalue weighted by molar-refractivity contribution is -0.288. The summed E-state index contributed by atoms with van der Waals surface area (Å²) in [7, 11) is 0. The van der Waals surface area contributed by atoms with Crippen molar-refractivity contribution in [1.82, 2.24) is 19.2 Å². The van der Waals surface area contributed by atoms with E-state index in [4.69, 9.17) is 11.6 Å². The third kappa shape index (κ3) is 6.27. The Kier molecular flexibility index (Phi) is 8.24. The van der Waals surface area contributed by atoms with Gasteiger partial charge in [0, 0.05) is 70.1 Å². The van der Waals surface area contributed by atoms with Gasteiger partial charge in [-0.2, -0.15) is 5.10 Å². The SMILES string of the molecule is CCc1nn(CCCN2CCN(c3cccc([ClH+])c3)CC2)c(=O)n1CCCc1ccccc1. The van der Waals surface area contributed by atoms with Crippen molar-refractivity contribution in [2.75, 3.05) is 37.6 Å². The lowest BCUT2D eigenvalue weighted by Crippen LogP contribution is -2.46. The summed E-state index contributed by atoms with van der Waals surface area (Å²) in [6.07, 6.45) is 3.64. The molecule has 2 heterocycles. The zero-order valence-corrected chi connectivity index (χ0v) is 20.3. The molecule has 1 saturated heterocycles. The van der Waals surface area contributed by atoms with Gasteiger partial charge in [-0.05, 0) is 30.9 Å². The fourth-order valence-electron chi connectivity index (χ4n) is 4.56. The van der Waals surface area contributed by atoms with Gasteiger partial charge in [0.05, 0.1) is 0 Å². The molecule has 1 aliphatic rings. The average molecular weight is 469 g/mol. The maximum Gasteiger partial charge on any atom is 0.345 e. The minimum absolute atomic E-state index is 0.0357. The van der Waals surface area contributed by atoms with E-state index in [1.165, 1.54) is 11.3 Å². The first-order chi connectivity index (χ1) is 16.1. The molecule has 0 bridgehead atoms. The van der Waals surface area contributed by atoms with Crippen LogP contribution in [0.1, 0.15) is 31.2 Å². The lowest BCUT2D eigenvalue weighted by Gasteiger charge is -2.36. The largest absolute Gasteiger partial charge is 0.369 e. The Morgan fingerprint density at radius 2 is 1.70 bits per heavy atom. The van der Waals surface area contributed by atoms with Gasteiger partial charge in [-0.1, -0.05) is 43.3 Å². The van der Waals surface area contributed by atoms with Gasteiger partial charge in [0.25, 0.3) is 0 Å². The van der Waals surface area contributed by atoms with Gasteiger partial charge in [-0.15, -0.1) is 0 Å². The standard InChI is InChI=1S/C26H35ClN5O/c1-2-25-28-32(26(33)31(25)15-7-11-22-9-4-3-5-10-22)16-8-14-29-17-19-30(20-18-29)24-13-6-12-23(27)21-24/h3-6,9-10,12-13,21,27H,2,7-8,11,14-20H2,1H3/q+1. The minimum Gasteiger partial charge on any atom is -0.369 e. The fraction of sp³-hybridized carbons (Fsp3) is 0.462. The molecular formula is C26H35ClN5O+. The molecule has 4 rings (SSSR count). The van der Waals surface area contributed by atoms with Crippen molar-refractivity contribution in [1.29, 1.82) is 0 Å². The Labute approximate surface area is 201 Å². The number of benzene rings is 2. The predicted molar refractivity (Wildman–Crippen MR) is 131 cm³/mol. The highest BCUT2D eigenvalue weighted by Crippen LogP contribution is 2.18. The van der Waals surface area contributed by atoms with E-state index >= 15 is 0 Å². The topological polar surface area (TPSA) is 46.3 Å². The molecular weight excluding hydrogens is 434 g/mol. The van der Waals surface area contributed by atoms with E-state index in [1.807, 2.05) is 22.8 Å². The quantitative estimate of drug-likeness (QED) is 0.458. The van der Waals surface area contributed by atoms with Crippen LogP contribution in [0.2, 0.25) is 5.02 Å². The van der Waals surface area contributed by atoms with Gasteiger partial charge in [0.1, 0.15) is 5.82 Å². The van der Waals surface area contributed by atoms with E-state index in [1.54, 1.807) is 4.68 Å². The van der Waals surface area contributed by atoms with E-state index in [2.05, 4.69) is 58.2 Å². The molecule has 6 nitrogen and oxygen atoms in total. The average Bonchev–Trinajstić information content (AvgIpc) is 3.15. The van der Waals surface area contributed by atoms with E-state index in [0.717, 1.165) is 75.8 Å². The first-order valence-electron chi connectivity index (χ1n) is 12.1. The van der Waals surface area contributed by atoms with Gasteiger partial charge >= 0.3 is 5.69 Å². The fourth-order valence-corrected chi connectivity index (χ4v) is 4.76. The molecule has 0 saturated carbocycles. The molecule has 3 aromatic rings. The molecule has 0 spiro atoms. The first-order valence-corrected chi connectivity index (χ1v) is 12.5. The molecule has 2 aromatic carbocycles. The number of anilines is 1. The van der Waals surface area contributed by atoms with Crippen molar-refractivity contribution in [3.63, 3.8) is 0 Å². The summed E-state index contributed by atoms with van der Waals surface area (Å²) < 4.78 is 3.54. The molecule has 1 aliphatic heterocycles. The Morgan fingerprint density at radius 1 is 0.909 bits per heavy atom. The van der Waals surface area contributed by atoms with Gasteiger partial charge in [-0.3, -0.25) is 9.47 Å². The second-order valence-electron chi connectivity index (χ2n) is 8.70. The zero-order chi connectivity index (χ0) is 23.0. The highest BCUT2D eigenvalue weighted by atomic mass is 35.5. The molecule has 0 amide bonds. The summed E-state index contributed by atoms with van der Waals surface area (Å²) in [6.45, 7) is 8.55. The Balaban J connectivity index is 1.24. The maximum absolute atomic E-state index is 12.9. The maximum atomic E-state index is 12.9. The molecule has 0 radical (unpaired) electrons. The smallest absolute Gasteiger partial charge is 0.345 e. The second-order valence-corrected chi connectivity index (χ2v) is 9.17. The number of aromatic nitrogens is 3. The molecule has 0 atom stereocenters. The predicted octanol–water partition coefficient (Wildman–Crippen LogP) is 3.15. The summed E-state index contributed by atoms with van der Waals surface area (Å²) in [5.41, 5.74) is 2.57. The summed E-state index contributed by atoms with van der Waals surface area (Å²) in [6, 6.07) is 18.7. The number of nitrogens with zero attached hydrogens (tertiary/aromatic N) is 5. The van der Waals surface area contributed by atoms with Crippen LogP contribution in [-0.4, -0.2) is 52.0 Å². The van der Waals surface area contributed by atoms with Crippen LogP contribution in [0, 0.1) is 11.6 Å². The normalized spacial score (nSPS) is 14.7. The molecule has 0 unspecified atom stereocenters. The third-order valence-electron chi connectivity index (χ3n) is 6.40. The van der Waals surface area contributed by atoms with Crippen molar-refractivity contribution in [2.45, 2.75) is 45.7 Å². The van der Waals surface area contributed by atoms with Crippen molar-refractivity contribution >= 4 is 5.69 Å². The van der Waals surface area contributed by atoms with Crippen LogP contribution < -0.4 is 10.6 Å². The van der Waals surface area contributed by atoms with Crippen molar-refractivity contribution in [2.24, 2.45) is 0 Å². The van der Waals surface area contributed by atoms with Crippen molar-refractivity contribution < 1.29 is 11.6 Å². The number of rotatable bonds is 10. The monoisotopic (exact) mass is 468 g/mol. The van der Waals surface area contributed by atoms with Crippen LogP contribution in [0.3, 0.4) is 0 Å². The Hall–Kier alpha value is -2.57. The molecule has 0 N–H and O–H groups in total. The van der Waals surface area contributed by atoms with Crippen molar-refractivity contribution in [3.05, 3.63) is 81.5 Å². The molecule has 0 aliphatic carbocycles. The number of hydrogen-bond donors (Lipinski definition) is 0. The third-order valence-corrected chi connectivity index (χ3v) is 6.66. The van der Waals surface area contributed by atoms with E-state index in [9.17, 15) is 4.79 Å². The van der Waals surface area contributed by atoms with Gasteiger partial charge in [0.15, 0.2) is 11.6 Å². The van der Waals surface area contributed by atoms with Gasteiger partial charge in [0.2, 0.25) is 5.02 Å². The molecule has 7 heteroatoms. The van der Waals surface area contributed by atoms with Crippen molar-refractivity contribution in [3.8, 4) is 0 Å². The highest BCUT2D eigenvalue weighted by molar-refractivity contribution is 5.48. The van der Waals surface area contributed by atoms with Gasteiger partial charge in [-0.25, -0.2) is 9.48 Å². The Morgan fingerprint density at radius 3 is 2.42 bits per heavy atom. The molecule has 1 aromatic heterocycles. The van der Waals surface area contributed by atoms with E-state index in [-0.39, 0.29) is 5.69 Å². The van der Waals surface area contributed by atoms with E-state index in [0.29, 0.717) is 6.54 Å². The van der Waals surface area contributed by atoms with Crippen LogP contribution in [0.15, 0.2) is 59.4 Å². The van der Waals surface area contributed by atoms with Crippen LogP contribution >= 0.6 is 0 Å². The molecule has 176 valence electrons. The molecule has 33 heavy (non-hydrogen) atoms. The van der Waals surface area contributed by atoms with E-state index < -0.39 is 0 Å².